The highest BCUT2D eigenvalue weighted by Crippen LogP contribution is 2.48. The molecule has 5 nitrogen and oxygen atoms in total. The summed E-state index contributed by atoms with van der Waals surface area (Å²) in [6, 6.07) is 7.73. The number of benzene rings is 1. The normalized spacial score (nSPS) is 21.2. The number of carboxylic acids is 1. The number of aromatic carboxylic acids is 1. The third-order valence-corrected chi connectivity index (χ3v) is 6.87. The van der Waals surface area contributed by atoms with Gasteiger partial charge in [0.15, 0.2) is 0 Å². The molecule has 0 bridgehead atoms. The van der Waals surface area contributed by atoms with E-state index in [4.69, 9.17) is 0 Å². The molecule has 126 valence electrons. The zero-order valence-corrected chi connectivity index (χ0v) is 14.2. The summed E-state index contributed by atoms with van der Waals surface area (Å²) in [5, 5.41) is 10.3. The van der Waals surface area contributed by atoms with Crippen molar-refractivity contribution in [2.75, 3.05) is 11.5 Å². The molecule has 1 atom stereocenters. The van der Waals surface area contributed by atoms with Crippen molar-refractivity contribution in [3.05, 3.63) is 35.5 Å². The molecule has 6 heteroatoms. The van der Waals surface area contributed by atoms with E-state index in [0.29, 0.717) is 23.0 Å². The summed E-state index contributed by atoms with van der Waals surface area (Å²) >= 11 is 0. The number of rotatable bonds is 3. The molecule has 0 amide bonds. The zero-order valence-electron chi connectivity index (χ0n) is 13.4. The molecule has 0 spiro atoms. The van der Waals surface area contributed by atoms with Gasteiger partial charge in [0.1, 0.15) is 0 Å². The molecule has 1 aliphatic heterocycles. The predicted octanol–water partition coefficient (Wildman–Crippen LogP) is 4.37. The van der Waals surface area contributed by atoms with Gasteiger partial charge in [0.2, 0.25) is 0 Å². The quantitative estimate of drug-likeness (QED) is 0.776. The van der Waals surface area contributed by atoms with E-state index in [-0.39, 0.29) is 6.04 Å². The molecule has 3 N–H and O–H groups in total. The van der Waals surface area contributed by atoms with E-state index >= 15 is 0 Å². The summed E-state index contributed by atoms with van der Waals surface area (Å²) in [6.45, 7) is 3.96. The van der Waals surface area contributed by atoms with Crippen molar-refractivity contribution in [2.45, 2.75) is 32.7 Å². The standard InChI is InChI=1S/C17H23NO4S/c1-11(13-7-9-23(21,22)10-8-13)18-12(2)16(17(19)20)14-5-3-4-6-15(14)18/h3-6,11,13,21-22H,7-10H2,1-2H3,(H,19,20). The summed E-state index contributed by atoms with van der Waals surface area (Å²) in [6.07, 6.45) is 1.52. The van der Waals surface area contributed by atoms with Gasteiger partial charge in [0.05, 0.1) is 5.56 Å². The van der Waals surface area contributed by atoms with Gasteiger partial charge in [-0.2, -0.15) is 10.6 Å². The van der Waals surface area contributed by atoms with Crippen LogP contribution in [0, 0.1) is 12.8 Å². The predicted molar refractivity (Wildman–Crippen MR) is 93.7 cm³/mol. The Bertz CT molecular complexity index is 742. The average Bonchev–Trinajstić information content (AvgIpc) is 2.78. The van der Waals surface area contributed by atoms with Crippen LogP contribution in [0.2, 0.25) is 0 Å². The smallest absolute Gasteiger partial charge is 0.338 e. The molecular weight excluding hydrogens is 314 g/mol. The van der Waals surface area contributed by atoms with E-state index in [2.05, 4.69) is 11.5 Å². The fourth-order valence-corrected chi connectivity index (χ4v) is 5.37. The van der Waals surface area contributed by atoms with E-state index in [0.717, 1.165) is 29.4 Å². The topological polar surface area (TPSA) is 82.7 Å². The van der Waals surface area contributed by atoms with Crippen molar-refractivity contribution in [1.82, 2.24) is 4.57 Å². The summed E-state index contributed by atoms with van der Waals surface area (Å²) in [7, 11) is -2.40. The highest BCUT2D eigenvalue weighted by molar-refractivity contribution is 8.24. The van der Waals surface area contributed by atoms with Gasteiger partial charge in [0, 0.05) is 34.1 Å². The van der Waals surface area contributed by atoms with Crippen molar-refractivity contribution in [3.8, 4) is 0 Å². The largest absolute Gasteiger partial charge is 0.478 e. The number of para-hydroxylation sites is 1. The molecule has 0 radical (unpaired) electrons. The van der Waals surface area contributed by atoms with Gasteiger partial charge in [-0.05, 0) is 38.7 Å². The SMILES string of the molecule is Cc1c(C(=O)O)c2ccccc2n1C(C)C1CCS(O)(O)CC1. The van der Waals surface area contributed by atoms with Crippen molar-refractivity contribution in [3.63, 3.8) is 0 Å². The molecule has 1 unspecified atom stereocenters. The minimum Gasteiger partial charge on any atom is -0.478 e. The molecule has 23 heavy (non-hydrogen) atoms. The third kappa shape index (κ3) is 2.86. The van der Waals surface area contributed by atoms with Crippen LogP contribution in [0.3, 0.4) is 0 Å². The Hall–Kier alpha value is -1.50. The van der Waals surface area contributed by atoms with Gasteiger partial charge in [0.25, 0.3) is 0 Å². The first-order chi connectivity index (χ1) is 10.8. The van der Waals surface area contributed by atoms with Gasteiger partial charge in [-0.25, -0.2) is 4.79 Å². The van der Waals surface area contributed by atoms with Crippen LogP contribution in [-0.4, -0.2) is 36.3 Å². The van der Waals surface area contributed by atoms with Gasteiger partial charge in [-0.1, -0.05) is 18.2 Å². The monoisotopic (exact) mass is 337 g/mol. The summed E-state index contributed by atoms with van der Waals surface area (Å²) in [5.74, 6) is 0.325. The van der Waals surface area contributed by atoms with Crippen LogP contribution < -0.4 is 0 Å². The maximum absolute atomic E-state index is 11.7. The van der Waals surface area contributed by atoms with Crippen LogP contribution in [-0.2, 0) is 0 Å². The molecular formula is C17H23NO4S. The zero-order chi connectivity index (χ0) is 16.8. The van der Waals surface area contributed by atoms with E-state index in [1.54, 1.807) is 0 Å². The Balaban J connectivity index is 2.03. The number of hydrogen-bond donors (Lipinski definition) is 3. The number of carboxylic acid groups (broad SMARTS) is 1. The van der Waals surface area contributed by atoms with Gasteiger partial charge >= 0.3 is 5.97 Å². The first-order valence-electron chi connectivity index (χ1n) is 7.88. The van der Waals surface area contributed by atoms with E-state index in [1.165, 1.54) is 0 Å². The van der Waals surface area contributed by atoms with Crippen LogP contribution in [0.15, 0.2) is 24.3 Å². The lowest BCUT2D eigenvalue weighted by Gasteiger charge is -2.41. The van der Waals surface area contributed by atoms with Gasteiger partial charge in [-0.3, -0.25) is 9.11 Å². The minimum atomic E-state index is -2.40. The molecule has 1 saturated heterocycles. The first-order valence-corrected chi connectivity index (χ1v) is 9.77. The summed E-state index contributed by atoms with van der Waals surface area (Å²) in [5.41, 5.74) is 2.07. The molecule has 2 aromatic rings. The Kier molecular flexibility index (Phi) is 4.16. The first kappa shape index (κ1) is 16.4. The number of nitrogens with zero attached hydrogens (tertiary/aromatic N) is 1. The lowest BCUT2D eigenvalue weighted by Crippen LogP contribution is -2.27. The average molecular weight is 337 g/mol. The Morgan fingerprint density at radius 3 is 2.48 bits per heavy atom. The van der Waals surface area contributed by atoms with E-state index < -0.39 is 16.6 Å². The van der Waals surface area contributed by atoms with Crippen LogP contribution >= 0.6 is 10.6 Å². The molecule has 1 fully saturated rings. The van der Waals surface area contributed by atoms with Crippen molar-refractivity contribution >= 4 is 27.5 Å². The molecule has 0 aliphatic carbocycles. The number of hydrogen-bond acceptors (Lipinski definition) is 3. The number of aromatic nitrogens is 1. The maximum Gasteiger partial charge on any atom is 0.338 e. The number of fused-ring (bicyclic) bond motifs is 1. The second kappa shape index (κ2) is 5.85. The van der Waals surface area contributed by atoms with E-state index in [9.17, 15) is 19.0 Å². The molecule has 1 aromatic heterocycles. The molecule has 0 saturated carbocycles. The van der Waals surface area contributed by atoms with Crippen molar-refractivity contribution in [1.29, 1.82) is 0 Å². The Morgan fingerprint density at radius 2 is 1.87 bits per heavy atom. The van der Waals surface area contributed by atoms with Gasteiger partial charge < -0.3 is 9.67 Å². The van der Waals surface area contributed by atoms with Crippen molar-refractivity contribution < 1.29 is 19.0 Å². The lowest BCUT2D eigenvalue weighted by molar-refractivity contribution is 0.0697. The second-order valence-electron chi connectivity index (χ2n) is 6.44. The van der Waals surface area contributed by atoms with Crippen LogP contribution in [0.5, 0.6) is 0 Å². The second-order valence-corrected chi connectivity index (χ2v) is 8.86. The molecule has 2 heterocycles. The fraction of sp³-hybridized carbons (Fsp3) is 0.471. The summed E-state index contributed by atoms with van der Waals surface area (Å²) in [4.78, 5) is 11.7. The van der Waals surface area contributed by atoms with Crippen LogP contribution in [0.25, 0.3) is 10.9 Å². The highest BCUT2D eigenvalue weighted by Gasteiger charge is 2.31. The minimum absolute atomic E-state index is 0.128. The molecule has 3 rings (SSSR count). The van der Waals surface area contributed by atoms with Crippen LogP contribution in [0.1, 0.15) is 41.9 Å². The Labute approximate surface area is 137 Å². The van der Waals surface area contributed by atoms with Gasteiger partial charge in [-0.15, -0.1) is 0 Å². The van der Waals surface area contributed by atoms with Crippen molar-refractivity contribution in [2.24, 2.45) is 5.92 Å². The molecule has 1 aromatic carbocycles. The summed E-state index contributed by atoms with van der Waals surface area (Å²) < 4.78 is 21.7. The third-order valence-electron chi connectivity index (χ3n) is 5.09. The Morgan fingerprint density at radius 1 is 1.26 bits per heavy atom. The van der Waals surface area contributed by atoms with E-state index in [1.807, 2.05) is 31.2 Å². The number of carbonyl (C=O) groups is 1. The molecule has 1 aliphatic rings. The lowest BCUT2D eigenvalue weighted by atomic mass is 9.94. The highest BCUT2D eigenvalue weighted by atomic mass is 32.3. The fourth-order valence-electron chi connectivity index (χ4n) is 3.81. The van der Waals surface area contributed by atoms with Crippen LogP contribution in [0.4, 0.5) is 0 Å². The maximum atomic E-state index is 11.7.